The fourth-order valence-electron chi connectivity index (χ4n) is 2.29. The van der Waals surface area contributed by atoms with Crippen LogP contribution < -0.4 is 0 Å². The van der Waals surface area contributed by atoms with Crippen molar-refractivity contribution in [1.82, 2.24) is 4.90 Å². The molecule has 0 aromatic heterocycles. The monoisotopic (exact) mass is 362 g/mol. The number of likely N-dealkylation sites (tertiary alicyclic amines) is 1. The van der Waals surface area contributed by atoms with Crippen molar-refractivity contribution in [2.24, 2.45) is 11.1 Å². The Morgan fingerprint density at radius 1 is 1.43 bits per heavy atom. The molecule has 0 bridgehead atoms. The highest BCUT2D eigenvalue weighted by Gasteiger charge is 2.32. The lowest BCUT2D eigenvalue weighted by Gasteiger charge is -2.34. The van der Waals surface area contributed by atoms with Gasteiger partial charge in [0, 0.05) is 24.3 Å². The van der Waals surface area contributed by atoms with Crippen LogP contribution >= 0.6 is 15.9 Å². The maximum absolute atomic E-state index is 12.0. The number of piperidine rings is 1. The summed E-state index contributed by atoms with van der Waals surface area (Å²) >= 11 is 3.39. The topological polar surface area (TPSA) is 60.4 Å². The zero-order valence-electron chi connectivity index (χ0n) is 12.8. The molecule has 21 heavy (non-hydrogen) atoms. The largest absolute Gasteiger partial charge is 0.470 e. The first-order valence-electron chi connectivity index (χ1n) is 7.29. The molecule has 0 saturated carbocycles. The van der Waals surface area contributed by atoms with Crippen molar-refractivity contribution in [3.05, 3.63) is 0 Å². The number of nitrogens with zero attached hydrogens (tertiary/aromatic N) is 2. The summed E-state index contributed by atoms with van der Waals surface area (Å²) in [6.07, 6.45) is 1.40. The van der Waals surface area contributed by atoms with Crippen molar-refractivity contribution in [2.45, 2.75) is 45.3 Å². The van der Waals surface area contributed by atoms with E-state index in [2.05, 4.69) is 21.1 Å². The fraction of sp³-hybridized carbons (Fsp3) is 0.857. The smallest absolute Gasteiger partial charge is 0.410 e. The molecule has 1 saturated heterocycles. The first-order valence-corrected chi connectivity index (χ1v) is 8.41. The molecule has 1 atom stereocenters. The lowest BCUT2D eigenvalue weighted by molar-refractivity contribution is 0.00534. The van der Waals surface area contributed by atoms with Crippen LogP contribution in [0.15, 0.2) is 5.16 Å². The number of amides is 1. The van der Waals surface area contributed by atoms with Gasteiger partial charge < -0.3 is 19.2 Å². The van der Waals surface area contributed by atoms with Crippen molar-refractivity contribution in [2.75, 3.05) is 25.0 Å². The Morgan fingerprint density at radius 2 is 2.10 bits per heavy atom. The maximum atomic E-state index is 12.0. The Kier molecular flexibility index (Phi) is 5.35. The molecular weight excluding hydrogens is 340 g/mol. The number of carbonyl (C=O) groups excluding carboxylic acids is 1. The summed E-state index contributed by atoms with van der Waals surface area (Å²) in [6, 6.07) is 0. The van der Waals surface area contributed by atoms with Crippen molar-refractivity contribution in [3.8, 4) is 0 Å². The number of alkyl halides is 1. The second-order valence-corrected chi connectivity index (χ2v) is 7.01. The molecule has 2 aliphatic rings. The Bertz CT molecular complexity index is 400. The summed E-state index contributed by atoms with van der Waals surface area (Å²) in [6.45, 7) is 7.41. The second-order valence-electron chi connectivity index (χ2n) is 6.36. The van der Waals surface area contributed by atoms with Gasteiger partial charge in [-0.15, -0.1) is 0 Å². The van der Waals surface area contributed by atoms with Gasteiger partial charge in [0.1, 0.15) is 11.7 Å². The molecule has 0 radical (unpaired) electrons. The Labute approximate surface area is 133 Å². The lowest BCUT2D eigenvalue weighted by atomic mass is 9.97. The molecule has 1 unspecified atom stereocenters. The van der Waals surface area contributed by atoms with Gasteiger partial charge in [0.25, 0.3) is 0 Å². The van der Waals surface area contributed by atoms with E-state index in [1.165, 1.54) is 0 Å². The molecule has 2 rings (SSSR count). The van der Waals surface area contributed by atoms with Gasteiger partial charge in [-0.25, -0.2) is 4.79 Å². The first-order chi connectivity index (χ1) is 9.89. The Hall–Kier alpha value is -0.980. The predicted molar refractivity (Wildman–Crippen MR) is 82.6 cm³/mol. The van der Waals surface area contributed by atoms with E-state index in [1.807, 2.05) is 20.8 Å². The lowest BCUT2D eigenvalue weighted by Crippen LogP contribution is -2.44. The van der Waals surface area contributed by atoms with Crippen LogP contribution in [-0.4, -0.2) is 53.6 Å². The van der Waals surface area contributed by atoms with Crippen LogP contribution in [0.1, 0.15) is 33.6 Å². The molecule has 0 spiro atoms. The van der Waals surface area contributed by atoms with Gasteiger partial charge in [-0.1, -0.05) is 21.1 Å². The first kappa shape index (κ1) is 16.4. The van der Waals surface area contributed by atoms with E-state index in [-0.39, 0.29) is 18.1 Å². The van der Waals surface area contributed by atoms with E-state index >= 15 is 0 Å². The average Bonchev–Trinajstić information content (AvgIpc) is 2.46. The summed E-state index contributed by atoms with van der Waals surface area (Å²) in [5.74, 6) is 0.875. The zero-order chi connectivity index (χ0) is 15.5. The van der Waals surface area contributed by atoms with E-state index in [9.17, 15) is 4.79 Å². The molecule has 0 aromatic rings. The molecule has 0 N–H and O–H groups in total. The number of hydrogen-bond acceptors (Lipinski definition) is 5. The van der Waals surface area contributed by atoms with E-state index in [0.717, 1.165) is 18.2 Å². The second kappa shape index (κ2) is 6.85. The maximum Gasteiger partial charge on any atom is 0.410 e. The number of ether oxygens (including phenoxy) is 2. The van der Waals surface area contributed by atoms with E-state index in [0.29, 0.717) is 25.6 Å². The number of carbonyl (C=O) groups is 1. The molecule has 7 heteroatoms. The van der Waals surface area contributed by atoms with Gasteiger partial charge in [-0.3, -0.25) is 0 Å². The number of halogens is 1. The Morgan fingerprint density at radius 3 is 2.67 bits per heavy atom. The average molecular weight is 363 g/mol. The summed E-state index contributed by atoms with van der Waals surface area (Å²) in [4.78, 5) is 19.0. The van der Waals surface area contributed by atoms with E-state index in [4.69, 9.17) is 14.3 Å². The third kappa shape index (κ3) is 4.76. The third-order valence-electron chi connectivity index (χ3n) is 3.37. The van der Waals surface area contributed by atoms with Gasteiger partial charge >= 0.3 is 6.09 Å². The van der Waals surface area contributed by atoms with E-state index < -0.39 is 5.60 Å². The normalized spacial score (nSPS) is 23.9. The molecule has 0 aromatic carbocycles. The molecule has 6 nitrogen and oxygen atoms in total. The number of oxime groups is 1. The van der Waals surface area contributed by atoms with Crippen molar-refractivity contribution < 1.29 is 19.1 Å². The zero-order valence-corrected chi connectivity index (χ0v) is 14.4. The van der Waals surface area contributed by atoms with Crippen LogP contribution in [0.3, 0.4) is 0 Å². The highest BCUT2D eigenvalue weighted by atomic mass is 79.9. The standard InChI is InChI=1S/C14H23BrN2O4/c1-14(2,3)21-13(18)17-6-4-10(5-7-17)12-16-19-9-11(8-15)20-12/h10-11H,4-9H2,1-3H3. The SMILES string of the molecule is CC(C)(C)OC(=O)N1CCC(C2=NOCC(CBr)O2)CC1. The molecule has 0 aliphatic carbocycles. The summed E-state index contributed by atoms with van der Waals surface area (Å²) in [5.41, 5.74) is -0.457. The molecule has 2 aliphatic heterocycles. The molecule has 1 fully saturated rings. The molecule has 120 valence electrons. The van der Waals surface area contributed by atoms with Gasteiger partial charge in [-0.05, 0) is 33.6 Å². The highest BCUT2D eigenvalue weighted by molar-refractivity contribution is 9.09. The van der Waals surface area contributed by atoms with Crippen molar-refractivity contribution in [3.63, 3.8) is 0 Å². The van der Waals surface area contributed by atoms with Crippen molar-refractivity contribution in [1.29, 1.82) is 0 Å². The summed E-state index contributed by atoms with van der Waals surface area (Å²) < 4.78 is 11.2. The molecular formula is C14H23BrN2O4. The van der Waals surface area contributed by atoms with Gasteiger partial charge in [0.15, 0.2) is 6.61 Å². The molecule has 2 heterocycles. The van der Waals surface area contributed by atoms with Crippen LogP contribution in [0.4, 0.5) is 4.79 Å². The predicted octanol–water partition coefficient (Wildman–Crippen LogP) is 2.76. The fourth-order valence-corrected chi connectivity index (χ4v) is 2.61. The molecule has 1 amide bonds. The van der Waals surface area contributed by atoms with Gasteiger partial charge in [0.2, 0.25) is 5.90 Å². The third-order valence-corrected chi connectivity index (χ3v) is 4.09. The minimum atomic E-state index is -0.457. The van der Waals surface area contributed by atoms with Crippen molar-refractivity contribution >= 4 is 27.9 Å². The van der Waals surface area contributed by atoms with Gasteiger partial charge in [0.05, 0.1) is 0 Å². The summed E-state index contributed by atoms with van der Waals surface area (Å²) in [5, 5.41) is 4.74. The van der Waals surface area contributed by atoms with Crippen LogP contribution in [-0.2, 0) is 14.3 Å². The van der Waals surface area contributed by atoms with E-state index in [1.54, 1.807) is 4.90 Å². The summed E-state index contributed by atoms with van der Waals surface area (Å²) in [7, 11) is 0. The highest BCUT2D eigenvalue weighted by Crippen LogP contribution is 2.23. The Balaban J connectivity index is 1.83. The van der Waals surface area contributed by atoms with Crippen LogP contribution in [0.5, 0.6) is 0 Å². The minimum absolute atomic E-state index is 0.0152. The van der Waals surface area contributed by atoms with Crippen LogP contribution in [0.25, 0.3) is 0 Å². The number of rotatable bonds is 2. The van der Waals surface area contributed by atoms with Crippen LogP contribution in [0.2, 0.25) is 0 Å². The van der Waals surface area contributed by atoms with Gasteiger partial charge in [-0.2, -0.15) is 0 Å². The minimum Gasteiger partial charge on any atom is -0.470 e. The number of hydrogen-bond donors (Lipinski definition) is 0. The quantitative estimate of drug-likeness (QED) is 0.708. The van der Waals surface area contributed by atoms with Crippen LogP contribution in [0, 0.1) is 5.92 Å².